The van der Waals surface area contributed by atoms with Crippen molar-refractivity contribution in [1.82, 2.24) is 4.90 Å². The number of ketones is 1. The smallest absolute Gasteiger partial charge is 0.176 e. The average Bonchev–Trinajstić information content (AvgIpc) is 2.90. The minimum absolute atomic E-state index is 0.130. The Labute approximate surface area is 122 Å². The second kappa shape index (κ2) is 6.85. The molecule has 2 rings (SSSR count). The fraction of sp³-hybridized carbons (Fsp3) is 0.267. The van der Waals surface area contributed by atoms with Gasteiger partial charge in [0.25, 0.3) is 0 Å². The van der Waals surface area contributed by atoms with Crippen molar-refractivity contribution in [3.8, 4) is 0 Å². The van der Waals surface area contributed by atoms with Gasteiger partial charge in [-0.05, 0) is 49.2 Å². The van der Waals surface area contributed by atoms with E-state index in [-0.39, 0.29) is 5.78 Å². The minimum atomic E-state index is 0.130. The lowest BCUT2D eigenvalue weighted by Gasteiger charge is -2.15. The summed E-state index contributed by atoms with van der Waals surface area (Å²) in [5, 5.41) is 2.73. The van der Waals surface area contributed by atoms with E-state index in [0.29, 0.717) is 17.1 Å². The monoisotopic (exact) mass is 293 g/mol. The van der Waals surface area contributed by atoms with E-state index in [9.17, 15) is 4.79 Å². The van der Waals surface area contributed by atoms with Crippen molar-refractivity contribution < 1.29 is 4.79 Å². The van der Waals surface area contributed by atoms with Crippen LogP contribution < -0.4 is 0 Å². The van der Waals surface area contributed by atoms with Crippen LogP contribution in [-0.4, -0.2) is 30.8 Å². The van der Waals surface area contributed by atoms with Gasteiger partial charge >= 0.3 is 0 Å². The van der Waals surface area contributed by atoms with Crippen molar-refractivity contribution in [3.63, 3.8) is 0 Å². The average molecular weight is 294 g/mol. The number of benzene rings is 1. The highest BCUT2D eigenvalue weighted by Crippen LogP contribution is 2.11. The third-order valence-corrected chi connectivity index (χ3v) is 4.09. The lowest BCUT2D eigenvalue weighted by Crippen LogP contribution is -2.27. The van der Waals surface area contributed by atoms with E-state index in [1.165, 1.54) is 4.88 Å². The van der Waals surface area contributed by atoms with Gasteiger partial charge in [0, 0.05) is 22.0 Å². The molecule has 0 bridgehead atoms. The molecule has 0 atom stereocenters. The van der Waals surface area contributed by atoms with Crippen LogP contribution in [-0.2, 0) is 6.42 Å². The lowest BCUT2D eigenvalue weighted by molar-refractivity contribution is 0.0947. The molecule has 0 N–H and O–H groups in total. The SMILES string of the molecule is CN(CCc1cccs1)CC(=O)c1ccc(Cl)cc1. The van der Waals surface area contributed by atoms with Crippen LogP contribution in [0.25, 0.3) is 0 Å². The molecule has 0 saturated carbocycles. The van der Waals surface area contributed by atoms with Crippen molar-refractivity contribution in [2.24, 2.45) is 0 Å². The highest BCUT2D eigenvalue weighted by molar-refractivity contribution is 7.09. The number of carbonyl (C=O) groups is 1. The molecule has 0 aliphatic carbocycles. The molecular formula is C15H16ClNOS. The molecule has 0 unspecified atom stereocenters. The number of likely N-dealkylation sites (N-methyl/N-ethyl adjacent to an activating group) is 1. The van der Waals surface area contributed by atoms with Crippen LogP contribution in [0.4, 0.5) is 0 Å². The Balaban J connectivity index is 1.83. The van der Waals surface area contributed by atoms with E-state index in [0.717, 1.165) is 13.0 Å². The van der Waals surface area contributed by atoms with E-state index in [1.807, 2.05) is 7.05 Å². The van der Waals surface area contributed by atoms with Crippen LogP contribution in [0.15, 0.2) is 41.8 Å². The van der Waals surface area contributed by atoms with Gasteiger partial charge in [0.2, 0.25) is 0 Å². The van der Waals surface area contributed by atoms with Crippen LogP contribution in [0.1, 0.15) is 15.2 Å². The first-order valence-corrected chi connectivity index (χ1v) is 7.40. The van der Waals surface area contributed by atoms with Gasteiger partial charge in [0.15, 0.2) is 5.78 Å². The summed E-state index contributed by atoms with van der Waals surface area (Å²) in [7, 11) is 1.97. The first-order valence-electron chi connectivity index (χ1n) is 6.15. The Morgan fingerprint density at radius 3 is 2.63 bits per heavy atom. The minimum Gasteiger partial charge on any atom is -0.299 e. The van der Waals surface area contributed by atoms with Crippen molar-refractivity contribution in [1.29, 1.82) is 0 Å². The van der Waals surface area contributed by atoms with Crippen molar-refractivity contribution >= 4 is 28.7 Å². The molecular weight excluding hydrogens is 278 g/mol. The maximum absolute atomic E-state index is 12.0. The van der Waals surface area contributed by atoms with Crippen LogP contribution in [0.2, 0.25) is 5.02 Å². The Kier molecular flexibility index (Phi) is 5.14. The normalized spacial score (nSPS) is 10.9. The molecule has 1 aromatic heterocycles. The highest BCUT2D eigenvalue weighted by Gasteiger charge is 2.09. The van der Waals surface area contributed by atoms with Crippen LogP contribution >= 0.6 is 22.9 Å². The second-order valence-electron chi connectivity index (χ2n) is 4.50. The maximum Gasteiger partial charge on any atom is 0.176 e. The van der Waals surface area contributed by atoms with Gasteiger partial charge in [0.1, 0.15) is 0 Å². The number of hydrogen-bond donors (Lipinski definition) is 0. The van der Waals surface area contributed by atoms with Crippen molar-refractivity contribution in [2.45, 2.75) is 6.42 Å². The molecule has 2 nitrogen and oxygen atoms in total. The molecule has 0 saturated heterocycles. The Morgan fingerprint density at radius 2 is 2.00 bits per heavy atom. The number of halogens is 1. The summed E-state index contributed by atoms with van der Waals surface area (Å²) in [6.45, 7) is 1.33. The van der Waals surface area contributed by atoms with E-state index in [4.69, 9.17) is 11.6 Å². The molecule has 1 heterocycles. The van der Waals surface area contributed by atoms with Gasteiger partial charge in [0.05, 0.1) is 6.54 Å². The molecule has 0 aliphatic rings. The number of thiophene rings is 1. The summed E-state index contributed by atoms with van der Waals surface area (Å²) in [5.74, 6) is 0.130. The second-order valence-corrected chi connectivity index (χ2v) is 5.97. The van der Waals surface area contributed by atoms with E-state index in [1.54, 1.807) is 35.6 Å². The number of carbonyl (C=O) groups excluding carboxylic acids is 1. The van der Waals surface area contributed by atoms with Gasteiger partial charge in [-0.15, -0.1) is 11.3 Å². The first kappa shape index (κ1) is 14.3. The number of hydrogen-bond acceptors (Lipinski definition) is 3. The number of rotatable bonds is 6. The Hall–Kier alpha value is -1.16. The topological polar surface area (TPSA) is 20.3 Å². The van der Waals surface area contributed by atoms with Crippen molar-refractivity contribution in [2.75, 3.05) is 20.1 Å². The molecule has 2 aromatic rings. The summed E-state index contributed by atoms with van der Waals surface area (Å²) in [6.07, 6.45) is 0.988. The van der Waals surface area contributed by atoms with Crippen molar-refractivity contribution in [3.05, 3.63) is 57.2 Å². The summed E-state index contributed by atoms with van der Waals surface area (Å²) in [5.41, 5.74) is 0.715. The fourth-order valence-electron chi connectivity index (χ4n) is 1.81. The molecule has 0 spiro atoms. The lowest BCUT2D eigenvalue weighted by atomic mass is 10.1. The standard InChI is InChI=1S/C15H16ClNOS/c1-17(9-8-14-3-2-10-19-14)11-15(18)12-4-6-13(16)7-5-12/h2-7,10H,8-9,11H2,1H3. The zero-order chi connectivity index (χ0) is 13.7. The largest absolute Gasteiger partial charge is 0.299 e. The third kappa shape index (κ3) is 4.46. The Bertz CT molecular complexity index is 522. The summed E-state index contributed by atoms with van der Waals surface area (Å²) >= 11 is 7.56. The molecule has 1 aromatic carbocycles. The quantitative estimate of drug-likeness (QED) is 0.756. The predicted octanol–water partition coefficient (Wildman–Crippen LogP) is 3.76. The van der Waals surface area contributed by atoms with Gasteiger partial charge in [-0.3, -0.25) is 9.69 Å². The van der Waals surface area contributed by atoms with Gasteiger partial charge < -0.3 is 0 Å². The molecule has 0 aliphatic heterocycles. The highest BCUT2D eigenvalue weighted by atomic mass is 35.5. The van der Waals surface area contributed by atoms with Gasteiger partial charge in [-0.25, -0.2) is 0 Å². The fourth-order valence-corrected chi connectivity index (χ4v) is 2.63. The number of Topliss-reactive ketones (excluding diaryl/α,β-unsaturated/α-hetero) is 1. The predicted molar refractivity (Wildman–Crippen MR) is 81.3 cm³/mol. The summed E-state index contributed by atoms with van der Waals surface area (Å²) in [4.78, 5) is 15.5. The zero-order valence-corrected chi connectivity index (χ0v) is 12.4. The van der Waals surface area contributed by atoms with E-state index < -0.39 is 0 Å². The maximum atomic E-state index is 12.0. The zero-order valence-electron chi connectivity index (χ0n) is 10.8. The molecule has 0 amide bonds. The van der Waals surface area contributed by atoms with Crippen LogP contribution in [0, 0.1) is 0 Å². The molecule has 4 heteroatoms. The number of nitrogens with zero attached hydrogens (tertiary/aromatic N) is 1. The Morgan fingerprint density at radius 1 is 1.26 bits per heavy atom. The first-order chi connectivity index (χ1) is 9.15. The van der Waals surface area contributed by atoms with E-state index in [2.05, 4.69) is 22.4 Å². The summed E-state index contributed by atoms with van der Waals surface area (Å²) in [6, 6.07) is 11.2. The van der Waals surface area contributed by atoms with Crippen LogP contribution in [0.3, 0.4) is 0 Å². The third-order valence-electron chi connectivity index (χ3n) is 2.90. The van der Waals surface area contributed by atoms with Gasteiger partial charge in [-0.1, -0.05) is 17.7 Å². The molecule has 0 fully saturated rings. The molecule has 19 heavy (non-hydrogen) atoms. The molecule has 0 radical (unpaired) electrons. The molecule has 100 valence electrons. The van der Waals surface area contributed by atoms with Crippen LogP contribution in [0.5, 0.6) is 0 Å². The van der Waals surface area contributed by atoms with E-state index >= 15 is 0 Å². The summed E-state index contributed by atoms with van der Waals surface area (Å²) < 4.78 is 0. The van der Waals surface area contributed by atoms with Gasteiger partial charge in [-0.2, -0.15) is 0 Å².